The van der Waals surface area contributed by atoms with Crippen LogP contribution in [0.15, 0.2) is 82.3 Å². The highest BCUT2D eigenvalue weighted by molar-refractivity contribution is 6.22. The summed E-state index contributed by atoms with van der Waals surface area (Å²) >= 11 is 0. The molecule has 0 unspecified atom stereocenters. The second-order valence-corrected chi connectivity index (χ2v) is 6.45. The number of halogens is 6. The van der Waals surface area contributed by atoms with Gasteiger partial charge in [-0.15, -0.1) is 4.95 Å². The highest BCUT2D eigenvalue weighted by Gasteiger charge is 2.31. The van der Waals surface area contributed by atoms with E-state index in [1.807, 2.05) is 0 Å². The van der Waals surface area contributed by atoms with Gasteiger partial charge in [-0.25, -0.2) is 0 Å². The predicted octanol–water partition coefficient (Wildman–Crippen LogP) is 6.16. The average Bonchev–Trinajstić information content (AvgIpc) is 2.76. The van der Waals surface area contributed by atoms with Gasteiger partial charge in [0.2, 0.25) is 6.19 Å². The Morgan fingerprint density at radius 3 is 1.53 bits per heavy atom. The molecule has 0 atom stereocenters. The van der Waals surface area contributed by atoms with Crippen molar-refractivity contribution in [2.45, 2.75) is 12.4 Å². The zero-order valence-corrected chi connectivity index (χ0v) is 16.6. The van der Waals surface area contributed by atoms with Gasteiger partial charge in [0.15, 0.2) is 17.2 Å². The van der Waals surface area contributed by atoms with Crippen LogP contribution in [0.2, 0.25) is 0 Å². The molecule has 2 aromatic rings. The molecule has 0 spiro atoms. The topological polar surface area (TPSA) is 71.3 Å². The standard InChI is InChI=1S/C22H10F6N4O2/c1-30-32-18-11-19(33-15-6-2-13(3-7-15)21(23,24)25)17(31-12-29)10-20(18)34-16-8-4-14(5-9-16)22(26,27)28/h2-11H/b31-17?,32-18+. The Kier molecular flexibility index (Phi) is 6.73. The van der Waals surface area contributed by atoms with E-state index in [2.05, 4.69) is 15.0 Å². The molecule has 172 valence electrons. The van der Waals surface area contributed by atoms with Crippen LogP contribution in [0, 0.1) is 18.0 Å². The van der Waals surface area contributed by atoms with Gasteiger partial charge < -0.3 is 9.47 Å². The largest absolute Gasteiger partial charge is 0.455 e. The third kappa shape index (κ3) is 5.81. The van der Waals surface area contributed by atoms with Crippen LogP contribution in [0.4, 0.5) is 26.3 Å². The molecule has 0 radical (unpaired) electrons. The quantitative estimate of drug-likeness (QED) is 0.174. The van der Waals surface area contributed by atoms with Crippen molar-refractivity contribution >= 4 is 11.4 Å². The van der Waals surface area contributed by atoms with Crippen molar-refractivity contribution in [3.8, 4) is 17.7 Å². The summed E-state index contributed by atoms with van der Waals surface area (Å²) in [7, 11) is 0. The van der Waals surface area contributed by atoms with Crippen LogP contribution in [0.25, 0.3) is 4.95 Å². The minimum absolute atomic E-state index is 0.0197. The second kappa shape index (κ2) is 9.50. The average molecular weight is 476 g/mol. The Bertz CT molecular complexity index is 1170. The first kappa shape index (κ1) is 24.1. The maximum Gasteiger partial charge on any atom is 0.416 e. The van der Waals surface area contributed by atoms with Crippen LogP contribution in [-0.2, 0) is 12.4 Å². The van der Waals surface area contributed by atoms with Gasteiger partial charge in [0, 0.05) is 12.2 Å². The van der Waals surface area contributed by atoms with E-state index in [1.54, 1.807) is 0 Å². The summed E-state index contributed by atoms with van der Waals surface area (Å²) in [5.41, 5.74) is -2.03. The van der Waals surface area contributed by atoms with Crippen LogP contribution in [0.3, 0.4) is 0 Å². The van der Waals surface area contributed by atoms with Gasteiger partial charge in [0.05, 0.1) is 16.2 Å². The van der Waals surface area contributed by atoms with Crippen LogP contribution >= 0.6 is 0 Å². The Hall–Kier alpha value is -4.58. The smallest absolute Gasteiger partial charge is 0.416 e. The first-order chi connectivity index (χ1) is 16.0. The zero-order valence-electron chi connectivity index (χ0n) is 16.6. The molecule has 1 aliphatic rings. The van der Waals surface area contributed by atoms with Gasteiger partial charge in [-0.2, -0.15) is 43.2 Å². The number of aliphatic imine (C=N–C) groups is 1. The summed E-state index contributed by atoms with van der Waals surface area (Å²) in [6.45, 7) is 6.98. The first-order valence-corrected chi connectivity index (χ1v) is 9.07. The lowest BCUT2D eigenvalue weighted by atomic mass is 10.1. The minimum atomic E-state index is -4.54. The number of allylic oxidation sites excluding steroid dienone is 2. The molecule has 12 heteroatoms. The SMILES string of the molecule is [C-]#[N+]/N=C1\C=C(Oc2ccc(C(F)(F)F)cc2)C(=NC#N)C=C1Oc1ccc(C(F)(F)F)cc1. The molecule has 0 aromatic heterocycles. The van der Waals surface area contributed by atoms with Crippen molar-refractivity contribution in [3.05, 3.63) is 94.9 Å². The summed E-state index contributed by atoms with van der Waals surface area (Å²) in [4.78, 5) is 6.45. The summed E-state index contributed by atoms with van der Waals surface area (Å²) in [6, 6.07) is 7.39. The van der Waals surface area contributed by atoms with E-state index in [1.165, 1.54) is 6.19 Å². The number of rotatable bonds is 4. The molecule has 0 saturated heterocycles. The number of nitrogens with zero attached hydrogens (tertiary/aromatic N) is 4. The first-order valence-electron chi connectivity index (χ1n) is 9.07. The Morgan fingerprint density at radius 1 is 0.735 bits per heavy atom. The highest BCUT2D eigenvalue weighted by atomic mass is 19.4. The lowest BCUT2D eigenvalue weighted by Gasteiger charge is -2.17. The molecular formula is C22H10F6N4O2. The summed E-state index contributed by atoms with van der Waals surface area (Å²) in [5, 5.41) is 12.5. The predicted molar refractivity (Wildman–Crippen MR) is 107 cm³/mol. The molecule has 6 nitrogen and oxygen atoms in total. The molecule has 0 fully saturated rings. The number of hydrogen-bond acceptors (Lipinski definition) is 5. The molecule has 2 aromatic carbocycles. The molecule has 0 aliphatic heterocycles. The molecule has 0 heterocycles. The van der Waals surface area contributed by atoms with Gasteiger partial charge in [-0.1, -0.05) is 0 Å². The van der Waals surface area contributed by atoms with Gasteiger partial charge >= 0.3 is 12.4 Å². The summed E-state index contributed by atoms with van der Waals surface area (Å²) < 4.78 is 87.5. The number of ether oxygens (including phenoxy) is 2. The molecule has 34 heavy (non-hydrogen) atoms. The second-order valence-electron chi connectivity index (χ2n) is 6.45. The van der Waals surface area contributed by atoms with E-state index in [0.29, 0.717) is 0 Å². The molecule has 0 N–H and O–H groups in total. The van der Waals surface area contributed by atoms with Gasteiger partial charge in [-0.05, 0) is 48.5 Å². The molecule has 0 saturated carbocycles. The van der Waals surface area contributed by atoms with Crippen LogP contribution in [0.1, 0.15) is 11.1 Å². The fourth-order valence-corrected chi connectivity index (χ4v) is 2.65. The third-order valence-electron chi connectivity index (χ3n) is 4.19. The Labute approximate surface area is 188 Å². The van der Waals surface area contributed by atoms with Gasteiger partial charge in [-0.3, -0.25) is 0 Å². The number of hydrogen-bond donors (Lipinski definition) is 0. The van der Waals surface area contributed by atoms with Crippen LogP contribution in [0.5, 0.6) is 11.5 Å². The normalized spacial score (nSPS) is 16.4. The van der Waals surface area contributed by atoms with Crippen molar-refractivity contribution in [2.24, 2.45) is 10.1 Å². The third-order valence-corrected chi connectivity index (χ3v) is 4.19. The van der Waals surface area contributed by atoms with Crippen molar-refractivity contribution in [2.75, 3.05) is 0 Å². The number of benzene rings is 2. The fraction of sp³-hybridized carbons (Fsp3) is 0.0909. The zero-order chi connectivity index (χ0) is 24.9. The van der Waals surface area contributed by atoms with E-state index in [9.17, 15) is 26.3 Å². The summed E-state index contributed by atoms with van der Waals surface area (Å²) in [6.07, 6.45) is -5.24. The maximum absolute atomic E-state index is 12.8. The van der Waals surface area contributed by atoms with E-state index in [-0.39, 0.29) is 34.4 Å². The molecule has 0 amide bonds. The Balaban J connectivity index is 1.90. The van der Waals surface area contributed by atoms with Crippen LogP contribution < -0.4 is 9.47 Å². The fourth-order valence-electron chi connectivity index (χ4n) is 2.65. The van der Waals surface area contributed by atoms with E-state index < -0.39 is 23.5 Å². The lowest BCUT2D eigenvalue weighted by Crippen LogP contribution is -2.20. The molecule has 3 rings (SSSR count). The van der Waals surface area contributed by atoms with Gasteiger partial charge in [0.25, 0.3) is 0 Å². The van der Waals surface area contributed by atoms with E-state index >= 15 is 0 Å². The van der Waals surface area contributed by atoms with Crippen molar-refractivity contribution in [3.63, 3.8) is 0 Å². The van der Waals surface area contributed by atoms with Crippen molar-refractivity contribution in [1.29, 1.82) is 5.26 Å². The monoisotopic (exact) mass is 476 g/mol. The van der Waals surface area contributed by atoms with E-state index in [4.69, 9.17) is 21.3 Å². The van der Waals surface area contributed by atoms with Crippen molar-refractivity contribution < 1.29 is 35.8 Å². The number of alkyl halides is 6. The molecule has 1 aliphatic carbocycles. The van der Waals surface area contributed by atoms with Crippen molar-refractivity contribution in [1.82, 2.24) is 0 Å². The molecular weight excluding hydrogens is 466 g/mol. The van der Waals surface area contributed by atoms with E-state index in [0.717, 1.165) is 60.7 Å². The maximum atomic E-state index is 12.8. The van der Waals surface area contributed by atoms with Crippen LogP contribution in [-0.4, -0.2) is 11.4 Å². The number of nitriles is 1. The Morgan fingerprint density at radius 2 is 1.15 bits per heavy atom. The summed E-state index contributed by atoms with van der Waals surface area (Å²) in [5.74, 6) is -0.283. The molecule has 0 bridgehead atoms. The van der Waals surface area contributed by atoms with Gasteiger partial charge in [0.1, 0.15) is 17.2 Å². The lowest BCUT2D eigenvalue weighted by molar-refractivity contribution is -0.138. The highest BCUT2D eigenvalue weighted by Crippen LogP contribution is 2.32. The minimum Gasteiger partial charge on any atom is -0.455 e.